The first-order valence-electron chi connectivity index (χ1n) is 12.4. The second kappa shape index (κ2) is 9.05. The van der Waals surface area contributed by atoms with Gasteiger partial charge in [0.25, 0.3) is 0 Å². The molecule has 36 heavy (non-hydrogen) atoms. The minimum absolute atomic E-state index is 0.0853. The second-order valence-corrected chi connectivity index (χ2v) is 9.94. The molecule has 0 radical (unpaired) electrons. The average Bonchev–Trinajstić information content (AvgIpc) is 3.61. The summed E-state index contributed by atoms with van der Waals surface area (Å²) in [6, 6.07) is 7.81. The number of hydrogen-bond donors (Lipinski definition) is 1. The Morgan fingerprint density at radius 1 is 1.03 bits per heavy atom. The first kappa shape index (κ1) is 23.2. The van der Waals surface area contributed by atoms with E-state index in [1.807, 2.05) is 12.1 Å². The topological polar surface area (TPSA) is 95.9 Å². The number of esters is 1. The van der Waals surface area contributed by atoms with E-state index in [1.54, 1.807) is 12.1 Å². The molecule has 9 heteroatoms. The van der Waals surface area contributed by atoms with Crippen molar-refractivity contribution in [2.24, 2.45) is 11.8 Å². The second-order valence-electron chi connectivity index (χ2n) is 9.94. The summed E-state index contributed by atoms with van der Waals surface area (Å²) in [6.07, 6.45) is 1.93. The monoisotopic (exact) mass is 497 g/mol. The van der Waals surface area contributed by atoms with Gasteiger partial charge in [-0.05, 0) is 67.4 Å². The van der Waals surface area contributed by atoms with E-state index in [4.69, 9.17) is 28.4 Å². The molecule has 0 bridgehead atoms. The molecule has 3 aliphatic heterocycles. The molecule has 0 amide bonds. The summed E-state index contributed by atoms with van der Waals surface area (Å²) in [5.74, 6) is 0.500. The maximum atomic E-state index is 13.2. The molecule has 6 rings (SSSR count). The van der Waals surface area contributed by atoms with Crippen LogP contribution >= 0.6 is 0 Å². The molecular weight excluding hydrogens is 466 g/mol. The number of benzene rings is 2. The highest BCUT2D eigenvalue weighted by molar-refractivity contribution is 5.79. The van der Waals surface area contributed by atoms with Crippen LogP contribution in [0, 0.1) is 11.8 Å². The fourth-order valence-corrected chi connectivity index (χ4v) is 6.22. The quantitative estimate of drug-likeness (QED) is 0.604. The number of methoxy groups -OCH3 is 2. The van der Waals surface area contributed by atoms with Gasteiger partial charge in [-0.15, -0.1) is 0 Å². The Morgan fingerprint density at radius 3 is 2.36 bits per heavy atom. The molecule has 2 saturated heterocycles. The third-order valence-corrected chi connectivity index (χ3v) is 8.12. The molecular formula is C27H31NO8. The van der Waals surface area contributed by atoms with Crippen molar-refractivity contribution < 1.29 is 38.3 Å². The average molecular weight is 498 g/mol. The lowest BCUT2D eigenvalue weighted by Crippen LogP contribution is -2.38. The molecule has 2 aromatic rings. The van der Waals surface area contributed by atoms with Gasteiger partial charge in [0, 0.05) is 17.9 Å². The van der Waals surface area contributed by atoms with Crippen LogP contribution in [0.1, 0.15) is 41.6 Å². The number of hydrogen-bond acceptors (Lipinski definition) is 9. The van der Waals surface area contributed by atoms with Gasteiger partial charge in [0.1, 0.15) is 0 Å². The number of likely N-dealkylation sites (tertiary alicyclic amines) is 1. The number of aromatic hydroxyl groups is 1. The molecule has 9 nitrogen and oxygen atoms in total. The van der Waals surface area contributed by atoms with Crippen molar-refractivity contribution in [3.05, 3.63) is 41.0 Å². The Labute approximate surface area is 209 Å². The molecule has 4 aliphatic rings. The van der Waals surface area contributed by atoms with Gasteiger partial charge in [0.05, 0.1) is 39.5 Å². The molecule has 1 N–H and O–H groups in total. The SMILES string of the molecule is COc1cc([C@@H]2c3cc4c(cc3[C@@H](OCC3CCCN3C)[C@H]3COC(=O)[C@H]23)OCO4)cc(OC)c1O. The van der Waals surface area contributed by atoms with Crippen LogP contribution in [0.2, 0.25) is 0 Å². The van der Waals surface area contributed by atoms with E-state index in [2.05, 4.69) is 11.9 Å². The van der Waals surface area contributed by atoms with E-state index in [0.29, 0.717) is 24.1 Å². The molecule has 1 aliphatic carbocycles. The molecule has 0 spiro atoms. The van der Waals surface area contributed by atoms with Crippen molar-refractivity contribution in [3.63, 3.8) is 0 Å². The van der Waals surface area contributed by atoms with Gasteiger partial charge in [-0.1, -0.05) is 0 Å². The van der Waals surface area contributed by atoms with Crippen molar-refractivity contribution in [1.29, 1.82) is 0 Å². The number of fused-ring (bicyclic) bond motifs is 3. The van der Waals surface area contributed by atoms with Crippen LogP contribution in [0.3, 0.4) is 0 Å². The first-order chi connectivity index (χ1) is 17.5. The van der Waals surface area contributed by atoms with Crippen LogP contribution in [-0.2, 0) is 14.3 Å². The first-order valence-corrected chi connectivity index (χ1v) is 12.4. The van der Waals surface area contributed by atoms with Crippen LogP contribution in [-0.4, -0.2) is 69.8 Å². The number of carbonyl (C=O) groups is 1. The molecule has 2 aromatic carbocycles. The van der Waals surface area contributed by atoms with E-state index in [-0.39, 0.29) is 54.6 Å². The van der Waals surface area contributed by atoms with Crippen molar-refractivity contribution in [2.45, 2.75) is 30.9 Å². The summed E-state index contributed by atoms with van der Waals surface area (Å²) in [5, 5.41) is 10.5. The van der Waals surface area contributed by atoms with E-state index in [0.717, 1.165) is 36.1 Å². The lowest BCUT2D eigenvalue weighted by molar-refractivity contribution is -0.141. The highest BCUT2D eigenvalue weighted by atomic mass is 16.7. The van der Waals surface area contributed by atoms with Crippen LogP contribution in [0.4, 0.5) is 0 Å². The number of carbonyl (C=O) groups excluding carboxylic acids is 1. The van der Waals surface area contributed by atoms with Crippen molar-refractivity contribution >= 4 is 5.97 Å². The molecule has 192 valence electrons. The minimum Gasteiger partial charge on any atom is -0.502 e. The summed E-state index contributed by atoms with van der Waals surface area (Å²) in [4.78, 5) is 15.5. The molecule has 5 atom stereocenters. The highest BCUT2D eigenvalue weighted by Crippen LogP contribution is 2.56. The Kier molecular flexibility index (Phi) is 5.84. The zero-order chi connectivity index (χ0) is 25.0. The minimum atomic E-state index is -0.469. The summed E-state index contributed by atoms with van der Waals surface area (Å²) in [7, 11) is 5.10. The Balaban J connectivity index is 1.48. The normalized spacial score (nSPS) is 28.5. The van der Waals surface area contributed by atoms with E-state index in [1.165, 1.54) is 14.2 Å². The highest BCUT2D eigenvalue weighted by Gasteiger charge is 2.53. The van der Waals surface area contributed by atoms with E-state index >= 15 is 0 Å². The number of cyclic esters (lactones) is 1. The fraction of sp³-hybridized carbons (Fsp3) is 0.519. The van der Waals surface area contributed by atoms with Gasteiger partial charge in [0.15, 0.2) is 23.0 Å². The zero-order valence-corrected chi connectivity index (χ0v) is 20.7. The number of phenolic OH excluding ortho intramolecular Hbond substituents is 1. The van der Waals surface area contributed by atoms with Gasteiger partial charge in [0.2, 0.25) is 12.5 Å². The third-order valence-electron chi connectivity index (χ3n) is 8.12. The summed E-state index contributed by atoms with van der Waals surface area (Å²) in [6.45, 7) is 2.08. The van der Waals surface area contributed by atoms with E-state index < -0.39 is 5.92 Å². The third kappa shape index (κ3) is 3.64. The Hall–Kier alpha value is -3.17. The number of rotatable bonds is 6. The van der Waals surface area contributed by atoms with Crippen molar-refractivity contribution in [2.75, 3.05) is 47.8 Å². The van der Waals surface area contributed by atoms with Crippen LogP contribution in [0.5, 0.6) is 28.7 Å². The van der Waals surface area contributed by atoms with Crippen molar-refractivity contribution in [3.8, 4) is 28.7 Å². The number of likely N-dealkylation sites (N-methyl/N-ethyl adjacent to an activating group) is 1. The zero-order valence-electron chi connectivity index (χ0n) is 20.7. The van der Waals surface area contributed by atoms with Gasteiger partial charge in [-0.2, -0.15) is 0 Å². The summed E-state index contributed by atoms with van der Waals surface area (Å²) < 4.78 is 34.5. The van der Waals surface area contributed by atoms with Crippen molar-refractivity contribution in [1.82, 2.24) is 4.90 Å². The number of nitrogens with zero attached hydrogens (tertiary/aromatic N) is 1. The van der Waals surface area contributed by atoms with Gasteiger partial charge >= 0.3 is 5.97 Å². The molecule has 3 heterocycles. The maximum absolute atomic E-state index is 13.2. The Bertz CT molecular complexity index is 1160. The summed E-state index contributed by atoms with van der Waals surface area (Å²) >= 11 is 0. The Morgan fingerprint density at radius 2 is 1.72 bits per heavy atom. The number of ether oxygens (including phenoxy) is 6. The fourth-order valence-electron chi connectivity index (χ4n) is 6.22. The predicted octanol–water partition coefficient (Wildman–Crippen LogP) is 3.22. The predicted molar refractivity (Wildman–Crippen MR) is 128 cm³/mol. The number of phenols is 1. The molecule has 2 fully saturated rings. The van der Waals surface area contributed by atoms with Crippen LogP contribution < -0.4 is 18.9 Å². The molecule has 0 aromatic heterocycles. The van der Waals surface area contributed by atoms with Gasteiger partial charge in [-0.3, -0.25) is 4.79 Å². The molecule has 1 unspecified atom stereocenters. The van der Waals surface area contributed by atoms with Crippen LogP contribution in [0.15, 0.2) is 24.3 Å². The van der Waals surface area contributed by atoms with Crippen LogP contribution in [0.25, 0.3) is 0 Å². The lowest BCUT2D eigenvalue weighted by atomic mass is 9.66. The summed E-state index contributed by atoms with van der Waals surface area (Å²) in [5.41, 5.74) is 2.67. The van der Waals surface area contributed by atoms with Gasteiger partial charge in [-0.25, -0.2) is 0 Å². The van der Waals surface area contributed by atoms with E-state index in [9.17, 15) is 9.90 Å². The maximum Gasteiger partial charge on any atom is 0.310 e. The standard InChI is InChI=1S/C27H31NO8/c1-28-6-4-5-15(28)11-33-26-17-10-20-19(35-13-36-20)9-16(17)23(24-18(26)12-34-27(24)30)14-7-21(31-2)25(29)22(8-14)32-3/h7-10,15,18,23-24,26,29H,4-6,11-13H2,1-3H3/t15?,18-,23+,24-,26+/m0/s1. The van der Waals surface area contributed by atoms with Gasteiger partial charge < -0.3 is 38.4 Å². The largest absolute Gasteiger partial charge is 0.502 e. The molecule has 0 saturated carbocycles. The lowest BCUT2D eigenvalue weighted by Gasteiger charge is -2.39. The smallest absolute Gasteiger partial charge is 0.310 e.